The van der Waals surface area contributed by atoms with E-state index in [1.165, 1.54) is 250 Å². The van der Waals surface area contributed by atoms with Gasteiger partial charge in [-0.05, 0) is 12.8 Å². The minimum atomic E-state index is -3.08. The summed E-state index contributed by atoms with van der Waals surface area (Å²) >= 11 is 0. The molecule has 0 saturated carbocycles. The first-order valence-electron chi connectivity index (χ1n) is 41.4. The van der Waals surface area contributed by atoms with Crippen LogP contribution in [0.25, 0.3) is 0 Å². The average Bonchev–Trinajstić information content (AvgIpc) is 0.758. The fourth-order valence-corrected chi connectivity index (χ4v) is 14.8. The number of carboxylic acids is 1. The summed E-state index contributed by atoms with van der Waals surface area (Å²) in [5.41, 5.74) is 0. The van der Waals surface area contributed by atoms with Gasteiger partial charge in [-0.3, -0.25) is 9.59 Å². The number of nitrogens with one attached hydrogen (secondary N) is 2. The number of aliphatic hydroxyl groups excluding tert-OH is 11. The predicted octanol–water partition coefficient (Wildman–Crippen LogP) is 11.2. The first-order valence-corrected chi connectivity index (χ1v) is 41.4. The highest BCUT2D eigenvalue weighted by atomic mass is 16.8. The first-order chi connectivity index (χ1) is 49.4. The fraction of sp³-hybridized carbons (Fsp3) is 0.962. The minimum absolute atomic E-state index is 0.230. The standard InChI is InChI=1S/C79H150N2O21/c1-4-6-8-10-12-14-16-18-19-20-21-22-23-24-25-26-27-28-29-30-31-32-33-34-35-36-37-38-39-41-43-45-47-49-51-53-66(89)81-60(61(86)52-50-48-46-44-42-40-17-15-13-11-9-7-5-2)58-97-76-71(93)70(92)73(65(57-84)99-76)100-77-72(94)75(69(91)64(56-83)98-77)102-79(78(95)96)54-62(87)67(80-59(3)85)74(101-79)68(90)63(88)55-82/h60-65,67-77,82-84,86-88,90-94H,4-58H2,1-3H3,(H,80,85)(H,81,89)(H,95,96). The highest BCUT2D eigenvalue weighted by Gasteiger charge is 2.60. The lowest BCUT2D eigenvalue weighted by molar-refractivity contribution is -0.386. The summed E-state index contributed by atoms with van der Waals surface area (Å²) in [6, 6.07) is -2.52. The van der Waals surface area contributed by atoms with Crippen LogP contribution in [0.4, 0.5) is 0 Å². The molecule has 3 aliphatic rings. The Morgan fingerprint density at radius 2 is 0.853 bits per heavy atom. The molecule has 18 atom stereocenters. The van der Waals surface area contributed by atoms with E-state index < -0.39 is 148 Å². The van der Waals surface area contributed by atoms with E-state index in [-0.39, 0.29) is 18.9 Å². The number of carbonyl (C=O) groups excluding carboxylic acids is 2. The van der Waals surface area contributed by atoms with Crippen molar-refractivity contribution in [3.05, 3.63) is 0 Å². The Morgan fingerprint density at radius 3 is 1.23 bits per heavy atom. The number of carbonyl (C=O) groups is 3. The van der Waals surface area contributed by atoms with Gasteiger partial charge < -0.3 is 100 Å². The maximum atomic E-state index is 13.5. The smallest absolute Gasteiger partial charge is 0.364 e. The molecule has 3 fully saturated rings. The van der Waals surface area contributed by atoms with Crippen LogP contribution >= 0.6 is 0 Å². The fourth-order valence-electron chi connectivity index (χ4n) is 14.8. The third kappa shape index (κ3) is 38.7. The van der Waals surface area contributed by atoms with Gasteiger partial charge in [0.05, 0.1) is 50.7 Å². The summed E-state index contributed by atoms with van der Waals surface area (Å²) in [7, 11) is 0. The van der Waals surface area contributed by atoms with E-state index in [2.05, 4.69) is 24.5 Å². The Labute approximate surface area is 614 Å². The maximum absolute atomic E-state index is 13.5. The number of ether oxygens (including phenoxy) is 6. The zero-order valence-corrected chi connectivity index (χ0v) is 63.7. The van der Waals surface area contributed by atoms with Crippen molar-refractivity contribution in [3.8, 4) is 0 Å². The van der Waals surface area contributed by atoms with Gasteiger partial charge in [-0.25, -0.2) is 4.79 Å². The third-order valence-electron chi connectivity index (χ3n) is 21.3. The molecule has 0 bridgehead atoms. The van der Waals surface area contributed by atoms with Crippen LogP contribution in [0.5, 0.6) is 0 Å². The second kappa shape index (κ2) is 58.7. The Kier molecular flexibility index (Phi) is 54.1. The van der Waals surface area contributed by atoms with Crippen LogP contribution in [-0.2, 0) is 42.8 Å². The molecule has 3 heterocycles. The molecule has 18 unspecified atom stereocenters. The van der Waals surface area contributed by atoms with Crippen LogP contribution in [0.15, 0.2) is 0 Å². The van der Waals surface area contributed by atoms with Gasteiger partial charge in [0.1, 0.15) is 67.1 Å². The molecule has 3 saturated heterocycles. The number of amides is 2. The van der Waals surface area contributed by atoms with Crippen molar-refractivity contribution in [2.75, 3.05) is 26.4 Å². The van der Waals surface area contributed by atoms with E-state index in [9.17, 15) is 75.7 Å². The molecule has 0 spiro atoms. The first kappa shape index (κ1) is 93.9. The van der Waals surface area contributed by atoms with Crippen molar-refractivity contribution in [1.29, 1.82) is 0 Å². The third-order valence-corrected chi connectivity index (χ3v) is 21.3. The van der Waals surface area contributed by atoms with Crippen LogP contribution < -0.4 is 10.6 Å². The predicted molar refractivity (Wildman–Crippen MR) is 394 cm³/mol. The molecule has 0 radical (unpaired) electrons. The monoisotopic (exact) mass is 1460 g/mol. The van der Waals surface area contributed by atoms with Crippen LogP contribution in [-0.4, -0.2) is 215 Å². The average molecular weight is 1460 g/mol. The van der Waals surface area contributed by atoms with Gasteiger partial charge in [-0.2, -0.15) is 0 Å². The van der Waals surface area contributed by atoms with Crippen molar-refractivity contribution in [1.82, 2.24) is 10.6 Å². The Morgan fingerprint density at radius 1 is 0.471 bits per heavy atom. The van der Waals surface area contributed by atoms with E-state index in [4.69, 9.17) is 28.4 Å². The van der Waals surface area contributed by atoms with E-state index in [0.717, 1.165) is 51.9 Å². The molecule has 0 aliphatic carbocycles. The number of rotatable bonds is 66. The number of aliphatic hydroxyl groups is 11. The molecule has 23 heteroatoms. The summed E-state index contributed by atoms with van der Waals surface area (Å²) < 4.78 is 34.9. The molecule has 102 heavy (non-hydrogen) atoms. The van der Waals surface area contributed by atoms with Crippen LogP contribution in [0.1, 0.15) is 348 Å². The van der Waals surface area contributed by atoms with Gasteiger partial charge in [-0.1, -0.05) is 316 Å². The van der Waals surface area contributed by atoms with Crippen molar-refractivity contribution < 1.29 is 104 Å². The van der Waals surface area contributed by atoms with Gasteiger partial charge in [0, 0.05) is 19.8 Å². The molecule has 3 aliphatic heterocycles. The van der Waals surface area contributed by atoms with Crippen molar-refractivity contribution in [3.63, 3.8) is 0 Å². The summed E-state index contributed by atoms with van der Waals surface area (Å²) in [5.74, 6) is -6.09. The van der Waals surface area contributed by atoms with Gasteiger partial charge in [-0.15, -0.1) is 0 Å². The van der Waals surface area contributed by atoms with Crippen molar-refractivity contribution >= 4 is 17.8 Å². The summed E-state index contributed by atoms with van der Waals surface area (Å²) in [5, 5.41) is 136. The summed E-state index contributed by atoms with van der Waals surface area (Å²) in [6.07, 6.45) is 32.8. The number of hydrogen-bond donors (Lipinski definition) is 14. The molecular weight excluding hydrogens is 1310 g/mol. The Hall–Kier alpha value is -2.27. The molecule has 0 aromatic rings. The number of carboxylic acid groups (broad SMARTS) is 1. The van der Waals surface area contributed by atoms with E-state index >= 15 is 0 Å². The zero-order valence-electron chi connectivity index (χ0n) is 63.7. The molecule has 14 N–H and O–H groups in total. The highest BCUT2D eigenvalue weighted by Crippen LogP contribution is 2.39. The van der Waals surface area contributed by atoms with E-state index in [0.29, 0.717) is 19.3 Å². The lowest BCUT2D eigenvalue weighted by atomic mass is 9.88. The van der Waals surface area contributed by atoms with Crippen molar-refractivity contribution in [2.24, 2.45) is 0 Å². The van der Waals surface area contributed by atoms with Crippen LogP contribution in [0.2, 0.25) is 0 Å². The van der Waals surface area contributed by atoms with Crippen molar-refractivity contribution in [2.45, 2.75) is 458 Å². The quantitative estimate of drug-likeness (QED) is 0.0252. The maximum Gasteiger partial charge on any atom is 0.364 e. The molecule has 2 amide bonds. The zero-order chi connectivity index (χ0) is 74.6. The Bertz CT molecular complexity index is 2040. The molecule has 23 nitrogen and oxygen atoms in total. The van der Waals surface area contributed by atoms with E-state index in [1.807, 2.05) is 0 Å². The van der Waals surface area contributed by atoms with Gasteiger partial charge >= 0.3 is 5.97 Å². The molecule has 0 aromatic carbocycles. The van der Waals surface area contributed by atoms with E-state index in [1.54, 1.807) is 0 Å². The number of hydrogen-bond acceptors (Lipinski definition) is 20. The minimum Gasteiger partial charge on any atom is -0.477 e. The molecule has 0 aromatic heterocycles. The molecule has 602 valence electrons. The van der Waals surface area contributed by atoms with Crippen LogP contribution in [0, 0.1) is 0 Å². The number of unbranched alkanes of at least 4 members (excludes halogenated alkanes) is 46. The SMILES string of the molecule is CCCCCCCCCCCCCCCCCCCCCCCCCCCCCCCCCCCCCC(=O)NC(COC1OC(CO)C(OC2OC(CO)C(O)C(OC3(C(=O)O)CC(O)C(NC(C)=O)C(C(O)C(O)CO)O3)C2O)C(O)C1O)C(O)CCCCCCCCCCCCCCC. The summed E-state index contributed by atoms with van der Waals surface area (Å²) in [6.45, 7) is 2.25. The highest BCUT2D eigenvalue weighted by molar-refractivity contribution is 5.77. The van der Waals surface area contributed by atoms with Gasteiger partial charge in [0.25, 0.3) is 5.79 Å². The Balaban J connectivity index is 1.41. The topological polar surface area (TPSA) is 373 Å². The lowest BCUT2D eigenvalue weighted by Crippen LogP contribution is -2.70. The molecule has 3 rings (SSSR count). The largest absolute Gasteiger partial charge is 0.477 e. The normalized spacial score (nSPS) is 26.6. The number of aliphatic carboxylic acids is 1. The summed E-state index contributed by atoms with van der Waals surface area (Å²) in [4.78, 5) is 38.7. The van der Waals surface area contributed by atoms with Gasteiger partial charge in [0.15, 0.2) is 12.6 Å². The second-order valence-electron chi connectivity index (χ2n) is 30.4. The van der Waals surface area contributed by atoms with Gasteiger partial charge in [0.2, 0.25) is 11.8 Å². The lowest BCUT2D eigenvalue weighted by Gasteiger charge is -2.50. The second-order valence-corrected chi connectivity index (χ2v) is 30.4. The van der Waals surface area contributed by atoms with Crippen LogP contribution in [0.3, 0.4) is 0 Å². The molecular formula is C79H150N2O21.